The van der Waals surface area contributed by atoms with Gasteiger partial charge in [-0.25, -0.2) is 0 Å². The van der Waals surface area contributed by atoms with E-state index in [-0.39, 0.29) is 0 Å². The Labute approximate surface area is 74.7 Å². The average molecular weight is 169 g/mol. The Kier molecular flexibility index (Phi) is 2.37. The van der Waals surface area contributed by atoms with Gasteiger partial charge in [0.15, 0.2) is 0 Å². The minimum Gasteiger partial charge on any atom is -0.375 e. The maximum absolute atomic E-state index is 5.78. The van der Waals surface area contributed by atoms with Crippen molar-refractivity contribution in [3.63, 3.8) is 0 Å². The second-order valence-corrected chi connectivity index (χ2v) is 4.43. The van der Waals surface area contributed by atoms with E-state index in [1.54, 1.807) is 0 Å². The maximum Gasteiger partial charge on any atom is 0.0621 e. The van der Waals surface area contributed by atoms with Crippen molar-refractivity contribution in [1.82, 2.24) is 5.32 Å². The molecule has 70 valence electrons. The lowest BCUT2D eigenvalue weighted by Crippen LogP contribution is -2.33. The maximum atomic E-state index is 5.78. The molecule has 2 bridgehead atoms. The number of nitrogens with one attached hydrogen (secondary N) is 1. The molecule has 0 amide bonds. The van der Waals surface area contributed by atoms with Crippen LogP contribution in [-0.2, 0) is 4.74 Å². The third kappa shape index (κ3) is 1.64. The zero-order chi connectivity index (χ0) is 8.55. The Bertz CT molecular complexity index is 158. The van der Waals surface area contributed by atoms with Crippen molar-refractivity contribution in [2.24, 2.45) is 5.92 Å². The lowest BCUT2D eigenvalue weighted by Gasteiger charge is -2.20. The van der Waals surface area contributed by atoms with Gasteiger partial charge in [-0.15, -0.1) is 0 Å². The molecule has 0 radical (unpaired) electrons. The van der Waals surface area contributed by atoms with Gasteiger partial charge in [0.05, 0.1) is 12.2 Å². The third-order valence-corrected chi connectivity index (χ3v) is 3.02. The number of ether oxygens (including phenoxy) is 1. The standard InChI is InChI=1S/C10H19NO/c1-7(2)11-6-8-5-9-3-4-10(8)12-9/h7-11H,3-6H2,1-2H3. The first kappa shape index (κ1) is 8.52. The molecule has 2 nitrogen and oxygen atoms in total. The Balaban J connectivity index is 1.76. The predicted molar refractivity (Wildman–Crippen MR) is 49.1 cm³/mol. The molecule has 2 aliphatic heterocycles. The van der Waals surface area contributed by atoms with Crippen LogP contribution in [0.25, 0.3) is 0 Å². The van der Waals surface area contributed by atoms with Crippen LogP contribution in [0.1, 0.15) is 33.1 Å². The molecule has 2 fully saturated rings. The second-order valence-electron chi connectivity index (χ2n) is 4.43. The monoisotopic (exact) mass is 169 g/mol. The van der Waals surface area contributed by atoms with E-state index in [0.29, 0.717) is 18.2 Å². The highest BCUT2D eigenvalue weighted by Gasteiger charge is 2.40. The molecule has 3 atom stereocenters. The quantitative estimate of drug-likeness (QED) is 0.692. The summed E-state index contributed by atoms with van der Waals surface area (Å²) in [6, 6.07) is 0.615. The SMILES string of the molecule is CC(C)NCC1CC2CCC1O2. The summed E-state index contributed by atoms with van der Waals surface area (Å²) in [5, 5.41) is 3.49. The number of hydrogen-bond acceptors (Lipinski definition) is 2. The second kappa shape index (κ2) is 3.35. The third-order valence-electron chi connectivity index (χ3n) is 3.02. The van der Waals surface area contributed by atoms with Crippen molar-refractivity contribution >= 4 is 0 Å². The van der Waals surface area contributed by atoms with Crippen molar-refractivity contribution in [3.05, 3.63) is 0 Å². The fourth-order valence-electron chi connectivity index (χ4n) is 2.34. The molecule has 0 saturated carbocycles. The van der Waals surface area contributed by atoms with E-state index in [1.807, 2.05) is 0 Å². The fourth-order valence-corrected chi connectivity index (χ4v) is 2.34. The molecule has 2 heteroatoms. The van der Waals surface area contributed by atoms with E-state index in [1.165, 1.54) is 19.3 Å². The highest BCUT2D eigenvalue weighted by atomic mass is 16.5. The van der Waals surface area contributed by atoms with Crippen molar-refractivity contribution < 1.29 is 4.74 Å². The van der Waals surface area contributed by atoms with Crippen LogP contribution in [0.2, 0.25) is 0 Å². The number of hydrogen-bond donors (Lipinski definition) is 1. The van der Waals surface area contributed by atoms with Crippen LogP contribution in [0.4, 0.5) is 0 Å². The summed E-state index contributed by atoms with van der Waals surface area (Å²) < 4.78 is 5.78. The van der Waals surface area contributed by atoms with Crippen LogP contribution in [0.5, 0.6) is 0 Å². The first-order valence-corrected chi connectivity index (χ1v) is 5.14. The van der Waals surface area contributed by atoms with E-state index in [9.17, 15) is 0 Å². The molecule has 2 saturated heterocycles. The molecule has 3 unspecified atom stereocenters. The molecule has 0 aromatic heterocycles. The summed E-state index contributed by atoms with van der Waals surface area (Å²) in [4.78, 5) is 0. The van der Waals surface area contributed by atoms with Gasteiger partial charge in [-0.1, -0.05) is 13.8 Å². The van der Waals surface area contributed by atoms with Crippen LogP contribution < -0.4 is 5.32 Å². The summed E-state index contributed by atoms with van der Waals surface area (Å²) >= 11 is 0. The minimum atomic E-state index is 0.584. The highest BCUT2D eigenvalue weighted by Crippen LogP contribution is 2.38. The molecule has 0 spiro atoms. The van der Waals surface area contributed by atoms with Gasteiger partial charge in [0.1, 0.15) is 0 Å². The van der Waals surface area contributed by atoms with E-state index in [4.69, 9.17) is 4.74 Å². The van der Waals surface area contributed by atoms with Gasteiger partial charge in [0.2, 0.25) is 0 Å². The van der Waals surface area contributed by atoms with Crippen LogP contribution in [-0.4, -0.2) is 24.8 Å². The van der Waals surface area contributed by atoms with Gasteiger partial charge in [-0.2, -0.15) is 0 Å². The summed E-state index contributed by atoms with van der Waals surface area (Å²) in [5.74, 6) is 0.797. The van der Waals surface area contributed by atoms with E-state index in [0.717, 1.165) is 12.5 Å². The van der Waals surface area contributed by atoms with E-state index in [2.05, 4.69) is 19.2 Å². The Hall–Kier alpha value is -0.0800. The van der Waals surface area contributed by atoms with Crippen LogP contribution in [0.15, 0.2) is 0 Å². The topological polar surface area (TPSA) is 21.3 Å². The molecular formula is C10H19NO. The molecule has 2 aliphatic rings. The van der Waals surface area contributed by atoms with Crippen molar-refractivity contribution in [1.29, 1.82) is 0 Å². The van der Waals surface area contributed by atoms with Crippen molar-refractivity contribution in [3.8, 4) is 0 Å². The predicted octanol–water partition coefficient (Wildman–Crippen LogP) is 1.55. The Morgan fingerprint density at radius 2 is 2.25 bits per heavy atom. The van der Waals surface area contributed by atoms with Gasteiger partial charge in [-0.05, 0) is 19.3 Å². The summed E-state index contributed by atoms with van der Waals surface area (Å²) in [5.41, 5.74) is 0. The molecule has 0 aromatic rings. The number of rotatable bonds is 3. The van der Waals surface area contributed by atoms with Gasteiger partial charge >= 0.3 is 0 Å². The molecular weight excluding hydrogens is 150 g/mol. The number of fused-ring (bicyclic) bond motifs is 2. The lowest BCUT2D eigenvalue weighted by molar-refractivity contribution is 0.0921. The largest absolute Gasteiger partial charge is 0.375 e. The average Bonchev–Trinajstić information content (AvgIpc) is 2.60. The van der Waals surface area contributed by atoms with Gasteiger partial charge in [-0.3, -0.25) is 0 Å². The van der Waals surface area contributed by atoms with Gasteiger partial charge < -0.3 is 10.1 Å². The van der Waals surface area contributed by atoms with Crippen LogP contribution in [0, 0.1) is 5.92 Å². The summed E-state index contributed by atoms with van der Waals surface area (Å²) in [6.07, 6.45) is 5.10. The van der Waals surface area contributed by atoms with E-state index >= 15 is 0 Å². The zero-order valence-corrected chi connectivity index (χ0v) is 8.05. The smallest absolute Gasteiger partial charge is 0.0621 e. The molecule has 2 rings (SSSR count). The normalized spacial score (nSPS) is 39.8. The van der Waals surface area contributed by atoms with Crippen LogP contribution in [0.3, 0.4) is 0 Å². The van der Waals surface area contributed by atoms with Crippen LogP contribution >= 0.6 is 0 Å². The molecule has 2 heterocycles. The van der Waals surface area contributed by atoms with E-state index < -0.39 is 0 Å². The fraction of sp³-hybridized carbons (Fsp3) is 1.00. The summed E-state index contributed by atoms with van der Waals surface area (Å²) in [6.45, 7) is 5.56. The van der Waals surface area contributed by atoms with Gasteiger partial charge in [0.25, 0.3) is 0 Å². The highest BCUT2D eigenvalue weighted by molar-refractivity contribution is 4.90. The Morgan fingerprint density at radius 3 is 2.75 bits per heavy atom. The molecule has 1 N–H and O–H groups in total. The summed E-state index contributed by atoms with van der Waals surface area (Å²) in [7, 11) is 0. The first-order valence-electron chi connectivity index (χ1n) is 5.14. The minimum absolute atomic E-state index is 0.584. The molecule has 0 aromatic carbocycles. The zero-order valence-electron chi connectivity index (χ0n) is 8.05. The lowest BCUT2D eigenvalue weighted by atomic mass is 9.89. The molecule has 0 aliphatic carbocycles. The first-order chi connectivity index (χ1) is 5.75. The van der Waals surface area contributed by atoms with Gasteiger partial charge in [0, 0.05) is 18.5 Å². The molecule has 12 heavy (non-hydrogen) atoms. The van der Waals surface area contributed by atoms with Crippen molar-refractivity contribution in [2.45, 2.75) is 51.4 Å². The Morgan fingerprint density at radius 1 is 1.42 bits per heavy atom. The van der Waals surface area contributed by atoms with Crippen molar-refractivity contribution in [2.75, 3.05) is 6.54 Å².